The molecule has 2 N–H and O–H groups in total. The van der Waals surface area contributed by atoms with E-state index in [2.05, 4.69) is 15.7 Å². The first-order valence-corrected chi connectivity index (χ1v) is 9.72. The second-order valence-corrected chi connectivity index (χ2v) is 7.76. The third-order valence-electron chi connectivity index (χ3n) is 4.53. The molecule has 2 amide bonds. The van der Waals surface area contributed by atoms with E-state index in [1.807, 2.05) is 35.7 Å². The Morgan fingerprint density at radius 2 is 2.19 bits per heavy atom. The quantitative estimate of drug-likeness (QED) is 0.699. The van der Waals surface area contributed by atoms with E-state index in [1.165, 1.54) is 0 Å². The predicted octanol–water partition coefficient (Wildman–Crippen LogP) is 3.79. The van der Waals surface area contributed by atoms with Crippen molar-refractivity contribution in [1.82, 2.24) is 9.78 Å². The summed E-state index contributed by atoms with van der Waals surface area (Å²) in [4.78, 5) is 25.8. The van der Waals surface area contributed by atoms with Crippen LogP contribution in [0.25, 0.3) is 0 Å². The van der Waals surface area contributed by atoms with Crippen molar-refractivity contribution in [2.24, 2.45) is 7.05 Å². The molecule has 1 aliphatic heterocycles. The number of anilines is 2. The highest BCUT2D eigenvalue weighted by molar-refractivity contribution is 7.10. The molecule has 3 heterocycles. The van der Waals surface area contributed by atoms with Gasteiger partial charge in [-0.3, -0.25) is 14.3 Å². The van der Waals surface area contributed by atoms with Crippen LogP contribution in [0, 0.1) is 0 Å². The molecule has 0 saturated heterocycles. The van der Waals surface area contributed by atoms with Crippen LogP contribution in [0.1, 0.15) is 28.3 Å². The van der Waals surface area contributed by atoms with Gasteiger partial charge in [-0.2, -0.15) is 5.10 Å². The topological polar surface area (TPSA) is 76.0 Å². The number of aryl methyl sites for hydroxylation is 1. The van der Waals surface area contributed by atoms with Crippen molar-refractivity contribution in [2.45, 2.75) is 18.8 Å². The molecule has 27 heavy (non-hydrogen) atoms. The largest absolute Gasteiger partial charge is 0.311 e. The van der Waals surface area contributed by atoms with Crippen molar-refractivity contribution in [1.29, 1.82) is 0 Å². The van der Waals surface area contributed by atoms with Crippen LogP contribution in [-0.4, -0.2) is 21.6 Å². The molecule has 0 radical (unpaired) electrons. The van der Waals surface area contributed by atoms with Gasteiger partial charge in [0.2, 0.25) is 11.8 Å². The summed E-state index contributed by atoms with van der Waals surface area (Å²) in [6, 6.07) is 11.2. The monoisotopic (exact) mass is 400 g/mol. The van der Waals surface area contributed by atoms with Crippen LogP contribution in [-0.2, 0) is 23.1 Å². The summed E-state index contributed by atoms with van der Waals surface area (Å²) in [5, 5.41) is 12.7. The maximum atomic E-state index is 12.6. The number of nitrogens with one attached hydrogen (secondary N) is 2. The molecule has 1 atom stereocenters. The number of hydrogen-bond donors (Lipinski definition) is 2. The fourth-order valence-corrected chi connectivity index (χ4v) is 4.34. The highest BCUT2D eigenvalue weighted by atomic mass is 35.5. The minimum Gasteiger partial charge on any atom is -0.311 e. The fraction of sp³-hybridized carbons (Fsp3) is 0.211. The molecular formula is C19H17ClN4O2S. The Hall–Kier alpha value is -2.64. The van der Waals surface area contributed by atoms with Crippen LogP contribution >= 0.6 is 22.9 Å². The summed E-state index contributed by atoms with van der Waals surface area (Å²) in [5.74, 6) is 0.711. The van der Waals surface area contributed by atoms with Gasteiger partial charge in [0.15, 0.2) is 5.82 Å². The molecule has 0 saturated carbocycles. The van der Waals surface area contributed by atoms with Crippen LogP contribution < -0.4 is 10.6 Å². The first-order valence-electron chi connectivity index (χ1n) is 8.46. The lowest BCUT2D eigenvalue weighted by atomic mass is 9.92. The third-order valence-corrected chi connectivity index (χ3v) is 5.89. The highest BCUT2D eigenvalue weighted by Gasteiger charge is 2.34. The van der Waals surface area contributed by atoms with E-state index in [0.29, 0.717) is 23.1 Å². The summed E-state index contributed by atoms with van der Waals surface area (Å²) in [5.41, 5.74) is 1.59. The lowest BCUT2D eigenvalue weighted by Gasteiger charge is -2.23. The smallest absolute Gasteiger partial charge is 0.230 e. The van der Waals surface area contributed by atoms with Crippen molar-refractivity contribution in [2.75, 3.05) is 10.6 Å². The van der Waals surface area contributed by atoms with Gasteiger partial charge in [0.05, 0.1) is 6.42 Å². The van der Waals surface area contributed by atoms with E-state index in [9.17, 15) is 9.59 Å². The molecule has 1 aromatic carbocycles. The van der Waals surface area contributed by atoms with Crippen molar-refractivity contribution in [3.05, 3.63) is 62.8 Å². The summed E-state index contributed by atoms with van der Waals surface area (Å²) < 4.78 is 1.60. The standard InChI is InChI=1S/C19H17ClN4O2S/c1-24-19-17(12(10-16(26)22-19)14-7-4-8-27-14)18(23-24)21-15(25)9-11-5-2-3-6-13(11)20/h2-8,12H,9-10H2,1H3,(H,22,26)(H,21,23,25)/t12-/m0/s1. The molecule has 4 rings (SSSR count). The molecule has 0 unspecified atom stereocenters. The van der Waals surface area contributed by atoms with Crippen molar-refractivity contribution in [3.63, 3.8) is 0 Å². The summed E-state index contributed by atoms with van der Waals surface area (Å²) in [7, 11) is 1.75. The Labute approximate surface area is 165 Å². The van der Waals surface area contributed by atoms with Gasteiger partial charge in [0.1, 0.15) is 5.82 Å². The first-order chi connectivity index (χ1) is 13.0. The normalized spacial score (nSPS) is 15.9. The zero-order valence-electron chi connectivity index (χ0n) is 14.5. The zero-order chi connectivity index (χ0) is 19.0. The predicted molar refractivity (Wildman–Crippen MR) is 106 cm³/mol. The minimum absolute atomic E-state index is 0.0576. The van der Waals surface area contributed by atoms with Gasteiger partial charge in [-0.15, -0.1) is 11.3 Å². The molecule has 0 spiro atoms. The number of carbonyl (C=O) groups excluding carboxylic acids is 2. The van der Waals surface area contributed by atoms with Gasteiger partial charge in [0.25, 0.3) is 0 Å². The van der Waals surface area contributed by atoms with Gasteiger partial charge in [-0.05, 0) is 23.1 Å². The second kappa shape index (κ2) is 7.17. The molecule has 3 aromatic rings. The highest BCUT2D eigenvalue weighted by Crippen LogP contribution is 2.42. The van der Waals surface area contributed by atoms with E-state index in [-0.39, 0.29) is 24.2 Å². The van der Waals surface area contributed by atoms with E-state index in [0.717, 1.165) is 16.0 Å². The number of nitrogens with zero attached hydrogens (tertiary/aromatic N) is 2. The summed E-state index contributed by atoms with van der Waals surface area (Å²) in [6.45, 7) is 0. The maximum Gasteiger partial charge on any atom is 0.230 e. The molecule has 1 aliphatic rings. The number of carbonyl (C=O) groups is 2. The molecule has 0 aliphatic carbocycles. The van der Waals surface area contributed by atoms with E-state index in [4.69, 9.17) is 11.6 Å². The van der Waals surface area contributed by atoms with Crippen molar-refractivity contribution in [3.8, 4) is 0 Å². The lowest BCUT2D eigenvalue weighted by Crippen LogP contribution is -2.25. The Morgan fingerprint density at radius 3 is 2.93 bits per heavy atom. The average Bonchev–Trinajstić information content (AvgIpc) is 3.26. The third kappa shape index (κ3) is 3.48. The van der Waals surface area contributed by atoms with Crippen molar-refractivity contribution < 1.29 is 9.59 Å². The first kappa shape index (κ1) is 17.8. The van der Waals surface area contributed by atoms with Crippen LogP contribution in [0.4, 0.5) is 11.6 Å². The van der Waals surface area contributed by atoms with E-state index in [1.54, 1.807) is 29.1 Å². The molecule has 138 valence electrons. The molecule has 0 fully saturated rings. The number of aromatic nitrogens is 2. The number of hydrogen-bond acceptors (Lipinski definition) is 4. The van der Waals surface area contributed by atoms with Gasteiger partial charge in [0, 0.05) is 34.8 Å². The Morgan fingerprint density at radius 1 is 1.37 bits per heavy atom. The average molecular weight is 401 g/mol. The van der Waals surface area contributed by atoms with Crippen molar-refractivity contribution >= 4 is 46.4 Å². The number of fused-ring (bicyclic) bond motifs is 1. The number of amides is 2. The molecule has 6 nitrogen and oxygen atoms in total. The van der Waals surface area contributed by atoms with E-state index < -0.39 is 0 Å². The Kier molecular flexibility index (Phi) is 4.72. The molecule has 8 heteroatoms. The molecular weight excluding hydrogens is 384 g/mol. The molecule has 0 bridgehead atoms. The van der Waals surface area contributed by atoms with Gasteiger partial charge < -0.3 is 10.6 Å². The van der Waals surface area contributed by atoms with Gasteiger partial charge in [-0.1, -0.05) is 35.9 Å². The summed E-state index contributed by atoms with van der Waals surface area (Å²) in [6.07, 6.45) is 0.480. The van der Waals surface area contributed by atoms with Gasteiger partial charge in [-0.25, -0.2) is 0 Å². The van der Waals surface area contributed by atoms with E-state index >= 15 is 0 Å². The van der Waals surface area contributed by atoms with Crippen LogP contribution in [0.5, 0.6) is 0 Å². The SMILES string of the molecule is Cn1nc(NC(=O)Cc2ccccc2Cl)c2c1NC(=O)C[C@H]2c1cccs1. The van der Waals surface area contributed by atoms with Gasteiger partial charge >= 0.3 is 0 Å². The Bertz CT molecular complexity index is 1010. The minimum atomic E-state index is -0.203. The maximum absolute atomic E-state index is 12.6. The second-order valence-electron chi connectivity index (χ2n) is 6.37. The zero-order valence-corrected chi connectivity index (χ0v) is 16.1. The fourth-order valence-electron chi connectivity index (χ4n) is 3.30. The number of thiophene rings is 1. The van der Waals surface area contributed by atoms with Crippen LogP contribution in [0.2, 0.25) is 5.02 Å². The van der Waals surface area contributed by atoms with Crippen LogP contribution in [0.15, 0.2) is 41.8 Å². The molecule has 2 aromatic heterocycles. The summed E-state index contributed by atoms with van der Waals surface area (Å²) >= 11 is 7.74. The van der Waals surface area contributed by atoms with Crippen LogP contribution in [0.3, 0.4) is 0 Å². The number of halogens is 1. The Balaban J connectivity index is 1.65. The number of rotatable bonds is 4. The lowest BCUT2D eigenvalue weighted by molar-refractivity contribution is -0.117. The number of benzene rings is 1.